The van der Waals surface area contributed by atoms with Gasteiger partial charge in [0.15, 0.2) is 5.82 Å². The van der Waals surface area contributed by atoms with Gasteiger partial charge in [-0.1, -0.05) is 43.7 Å². The molecule has 5 nitrogen and oxygen atoms in total. The van der Waals surface area contributed by atoms with E-state index in [1.165, 1.54) is 51.4 Å². The fraction of sp³-hybridized carbons (Fsp3) is 0.882. The Hall–Kier alpha value is -0.940. The lowest BCUT2D eigenvalue weighted by atomic mass is 9.89. The van der Waals surface area contributed by atoms with Crippen LogP contribution >= 0.6 is 0 Å². The number of hydrogen-bond acceptors (Lipinski definition) is 5. The summed E-state index contributed by atoms with van der Waals surface area (Å²) in [5.41, 5.74) is 0. The van der Waals surface area contributed by atoms with Crippen molar-refractivity contribution in [3.63, 3.8) is 0 Å². The van der Waals surface area contributed by atoms with Gasteiger partial charge in [0.1, 0.15) is 0 Å². The van der Waals surface area contributed by atoms with E-state index in [1.807, 2.05) is 0 Å². The van der Waals surface area contributed by atoms with Gasteiger partial charge >= 0.3 is 0 Å². The number of aromatic nitrogens is 2. The van der Waals surface area contributed by atoms with Gasteiger partial charge in [-0.15, -0.1) is 0 Å². The van der Waals surface area contributed by atoms with Crippen LogP contribution in [0, 0.1) is 5.92 Å². The predicted octanol–water partition coefficient (Wildman–Crippen LogP) is 3.15. The van der Waals surface area contributed by atoms with E-state index in [1.54, 1.807) is 0 Å². The molecule has 1 aromatic rings. The first-order valence-corrected chi connectivity index (χ1v) is 9.03. The number of hydrogen-bond donors (Lipinski definition) is 2. The van der Waals surface area contributed by atoms with Crippen molar-refractivity contribution in [2.75, 3.05) is 6.61 Å². The zero-order valence-corrected chi connectivity index (χ0v) is 13.5. The van der Waals surface area contributed by atoms with Gasteiger partial charge in [-0.05, 0) is 31.6 Å². The first-order chi connectivity index (χ1) is 10.9. The van der Waals surface area contributed by atoms with E-state index >= 15 is 0 Å². The summed E-state index contributed by atoms with van der Waals surface area (Å²) in [6.45, 7) is 0.925. The molecule has 0 bridgehead atoms. The molecular formula is C17H29N3O2. The summed E-state index contributed by atoms with van der Waals surface area (Å²) in [5, 5.41) is 17.3. The Bertz CT molecular complexity index is 443. The number of aliphatic hydroxyl groups is 1. The van der Waals surface area contributed by atoms with Crippen molar-refractivity contribution in [3.8, 4) is 0 Å². The van der Waals surface area contributed by atoms with E-state index in [0.717, 1.165) is 24.6 Å². The molecule has 0 aliphatic heterocycles. The lowest BCUT2D eigenvalue weighted by molar-refractivity contribution is 0.180. The maximum absolute atomic E-state index is 9.57. The molecule has 2 saturated carbocycles. The standard InChI is InChI=1S/C17H29N3O2/c21-12-14-9-5-2-6-10-15(14)18-11-16-19-17(22-20-16)13-7-3-1-4-8-13/h13-15,18,21H,1-12H2/t14-,15+/m0/s1. The summed E-state index contributed by atoms with van der Waals surface area (Å²) in [7, 11) is 0. The molecule has 0 amide bonds. The van der Waals surface area contributed by atoms with Gasteiger partial charge in [-0.2, -0.15) is 4.98 Å². The number of rotatable bonds is 5. The van der Waals surface area contributed by atoms with Crippen molar-refractivity contribution in [2.24, 2.45) is 5.92 Å². The van der Waals surface area contributed by atoms with Crippen LogP contribution < -0.4 is 5.32 Å². The molecule has 2 fully saturated rings. The van der Waals surface area contributed by atoms with Crippen LogP contribution in [0.3, 0.4) is 0 Å². The lowest BCUT2D eigenvalue weighted by Gasteiger charge is -2.23. The monoisotopic (exact) mass is 307 g/mol. The molecule has 22 heavy (non-hydrogen) atoms. The third kappa shape index (κ3) is 4.07. The molecule has 0 aromatic carbocycles. The van der Waals surface area contributed by atoms with Crippen molar-refractivity contribution in [2.45, 2.75) is 82.7 Å². The van der Waals surface area contributed by atoms with Gasteiger partial charge in [0, 0.05) is 18.6 Å². The fourth-order valence-electron chi connectivity index (χ4n) is 3.95. The summed E-state index contributed by atoms with van der Waals surface area (Å²) >= 11 is 0. The number of nitrogens with zero attached hydrogens (tertiary/aromatic N) is 2. The van der Waals surface area contributed by atoms with Crippen LogP contribution in [0.25, 0.3) is 0 Å². The molecule has 0 saturated heterocycles. The van der Waals surface area contributed by atoms with E-state index in [9.17, 15) is 5.11 Å². The summed E-state index contributed by atoms with van der Waals surface area (Å²) < 4.78 is 5.47. The van der Waals surface area contributed by atoms with Crippen LogP contribution in [0.5, 0.6) is 0 Å². The smallest absolute Gasteiger partial charge is 0.229 e. The molecule has 5 heteroatoms. The van der Waals surface area contributed by atoms with E-state index in [2.05, 4.69) is 15.5 Å². The molecule has 0 unspecified atom stereocenters. The minimum absolute atomic E-state index is 0.275. The minimum atomic E-state index is 0.275. The highest BCUT2D eigenvalue weighted by atomic mass is 16.5. The summed E-state index contributed by atoms with van der Waals surface area (Å²) in [5.74, 6) is 2.43. The second kappa shape index (κ2) is 8.06. The second-order valence-corrected chi connectivity index (χ2v) is 6.95. The van der Waals surface area contributed by atoms with Crippen molar-refractivity contribution in [1.29, 1.82) is 0 Å². The largest absolute Gasteiger partial charge is 0.396 e. The molecule has 3 rings (SSSR count). The van der Waals surface area contributed by atoms with Gasteiger partial charge in [0.2, 0.25) is 5.89 Å². The highest BCUT2D eigenvalue weighted by molar-refractivity contribution is 4.96. The molecule has 2 atom stereocenters. The van der Waals surface area contributed by atoms with Gasteiger partial charge in [-0.25, -0.2) is 0 Å². The molecule has 0 radical (unpaired) electrons. The molecule has 0 spiro atoms. The van der Waals surface area contributed by atoms with Gasteiger partial charge in [-0.3, -0.25) is 0 Å². The SMILES string of the molecule is OC[C@@H]1CCCCC[C@H]1NCc1noc(C2CCCCC2)n1. The van der Waals surface area contributed by atoms with Crippen molar-refractivity contribution < 1.29 is 9.63 Å². The minimum Gasteiger partial charge on any atom is -0.396 e. The van der Waals surface area contributed by atoms with Crippen LogP contribution in [-0.2, 0) is 6.54 Å². The maximum atomic E-state index is 9.57. The van der Waals surface area contributed by atoms with Gasteiger partial charge in [0.25, 0.3) is 0 Å². The third-order valence-corrected chi connectivity index (χ3v) is 5.35. The van der Waals surface area contributed by atoms with Crippen LogP contribution in [0.4, 0.5) is 0 Å². The predicted molar refractivity (Wildman–Crippen MR) is 84.4 cm³/mol. The summed E-state index contributed by atoms with van der Waals surface area (Å²) in [4.78, 5) is 4.59. The summed E-state index contributed by atoms with van der Waals surface area (Å²) in [6.07, 6.45) is 12.3. The normalized spacial score (nSPS) is 27.7. The Morgan fingerprint density at radius 3 is 2.50 bits per heavy atom. The Morgan fingerprint density at radius 2 is 1.73 bits per heavy atom. The van der Waals surface area contributed by atoms with Crippen LogP contribution in [0.1, 0.15) is 81.8 Å². The quantitative estimate of drug-likeness (QED) is 0.818. The number of aliphatic hydroxyl groups excluding tert-OH is 1. The first kappa shape index (κ1) is 15.9. The highest BCUT2D eigenvalue weighted by Gasteiger charge is 2.24. The van der Waals surface area contributed by atoms with Crippen molar-refractivity contribution in [3.05, 3.63) is 11.7 Å². The lowest BCUT2D eigenvalue weighted by Crippen LogP contribution is -2.37. The molecule has 124 valence electrons. The van der Waals surface area contributed by atoms with Gasteiger partial charge in [0.05, 0.1) is 6.54 Å². The van der Waals surface area contributed by atoms with Crippen LogP contribution in [0.2, 0.25) is 0 Å². The molecule has 1 aromatic heterocycles. The molecule has 2 N–H and O–H groups in total. The Morgan fingerprint density at radius 1 is 1.00 bits per heavy atom. The average molecular weight is 307 g/mol. The first-order valence-electron chi connectivity index (χ1n) is 9.03. The van der Waals surface area contributed by atoms with Crippen molar-refractivity contribution >= 4 is 0 Å². The molecular weight excluding hydrogens is 278 g/mol. The van der Waals surface area contributed by atoms with Crippen molar-refractivity contribution in [1.82, 2.24) is 15.5 Å². The Balaban J connectivity index is 1.53. The average Bonchev–Trinajstić information content (AvgIpc) is 2.92. The zero-order chi connectivity index (χ0) is 15.2. The van der Waals surface area contributed by atoms with E-state index in [0.29, 0.717) is 24.4 Å². The summed E-state index contributed by atoms with van der Waals surface area (Å²) in [6, 6.07) is 0.379. The van der Waals surface area contributed by atoms with E-state index in [4.69, 9.17) is 4.52 Å². The topological polar surface area (TPSA) is 71.2 Å². The van der Waals surface area contributed by atoms with Crippen LogP contribution in [-0.4, -0.2) is 27.9 Å². The molecule has 1 heterocycles. The maximum Gasteiger partial charge on any atom is 0.229 e. The zero-order valence-electron chi connectivity index (χ0n) is 13.5. The van der Waals surface area contributed by atoms with E-state index in [-0.39, 0.29) is 6.61 Å². The molecule has 2 aliphatic carbocycles. The third-order valence-electron chi connectivity index (χ3n) is 5.35. The second-order valence-electron chi connectivity index (χ2n) is 6.95. The fourth-order valence-corrected chi connectivity index (χ4v) is 3.95. The highest BCUT2D eigenvalue weighted by Crippen LogP contribution is 2.31. The van der Waals surface area contributed by atoms with E-state index < -0.39 is 0 Å². The Kier molecular flexibility index (Phi) is 5.84. The molecule has 2 aliphatic rings. The number of nitrogens with one attached hydrogen (secondary N) is 1. The van der Waals surface area contributed by atoms with Gasteiger partial charge < -0.3 is 14.9 Å². The van der Waals surface area contributed by atoms with Crippen LogP contribution in [0.15, 0.2) is 4.52 Å². The Labute approximate surface area is 132 Å².